The summed E-state index contributed by atoms with van der Waals surface area (Å²) in [6.45, 7) is 1.55. The van der Waals surface area contributed by atoms with Crippen LogP contribution in [0, 0.1) is 23.7 Å². The smallest absolute Gasteiger partial charge is 0.310 e. The van der Waals surface area contributed by atoms with Crippen molar-refractivity contribution >= 4 is 29.3 Å². The fourth-order valence-corrected chi connectivity index (χ4v) is 4.70. The molecule has 2 bridgehead atoms. The molecular formula is C18H17ClO5. The summed E-state index contributed by atoms with van der Waals surface area (Å²) in [6.07, 6.45) is 0.617. The quantitative estimate of drug-likeness (QED) is 0.618. The molecule has 126 valence electrons. The molecule has 0 N–H and O–H groups in total. The Hall–Kier alpha value is -1.88. The van der Waals surface area contributed by atoms with Gasteiger partial charge < -0.3 is 9.47 Å². The summed E-state index contributed by atoms with van der Waals surface area (Å²) in [7, 11) is 0. The summed E-state index contributed by atoms with van der Waals surface area (Å²) in [5, 5.41) is 0.451. The molecule has 0 amide bonds. The highest BCUT2D eigenvalue weighted by Gasteiger charge is 2.64. The van der Waals surface area contributed by atoms with E-state index in [2.05, 4.69) is 0 Å². The van der Waals surface area contributed by atoms with E-state index in [0.717, 1.165) is 12.8 Å². The summed E-state index contributed by atoms with van der Waals surface area (Å²) < 4.78 is 10.7. The van der Waals surface area contributed by atoms with E-state index in [1.807, 2.05) is 0 Å². The molecule has 4 rings (SSSR count). The van der Waals surface area contributed by atoms with Gasteiger partial charge >= 0.3 is 11.9 Å². The van der Waals surface area contributed by atoms with Crippen molar-refractivity contribution in [1.29, 1.82) is 0 Å². The molecule has 1 heterocycles. The van der Waals surface area contributed by atoms with E-state index in [9.17, 15) is 14.4 Å². The lowest BCUT2D eigenvalue weighted by atomic mass is 9.80. The molecule has 0 unspecified atom stereocenters. The number of fused-ring (bicyclic) bond motifs is 1. The lowest BCUT2D eigenvalue weighted by Crippen LogP contribution is -2.36. The summed E-state index contributed by atoms with van der Waals surface area (Å²) in [4.78, 5) is 37.0. The second-order valence-electron chi connectivity index (χ2n) is 6.88. The first kappa shape index (κ1) is 15.6. The number of benzene rings is 1. The molecule has 1 aromatic carbocycles. The highest BCUT2D eigenvalue weighted by Crippen LogP contribution is 2.58. The second kappa shape index (κ2) is 5.59. The molecule has 0 radical (unpaired) electrons. The minimum Gasteiger partial charge on any atom is -0.462 e. The molecule has 24 heavy (non-hydrogen) atoms. The van der Waals surface area contributed by atoms with E-state index in [1.54, 1.807) is 31.2 Å². The Kier molecular flexibility index (Phi) is 3.64. The maximum absolute atomic E-state index is 12.6. The highest BCUT2D eigenvalue weighted by molar-refractivity contribution is 6.31. The number of hydrogen-bond acceptors (Lipinski definition) is 5. The number of carbonyl (C=O) groups is 3. The molecule has 1 aromatic rings. The van der Waals surface area contributed by atoms with Crippen molar-refractivity contribution in [2.75, 3.05) is 0 Å². The predicted octanol–water partition coefficient (Wildman–Crippen LogP) is 2.65. The Morgan fingerprint density at radius 2 is 2.12 bits per heavy atom. The number of rotatable bonds is 4. The predicted molar refractivity (Wildman–Crippen MR) is 84.4 cm³/mol. The highest BCUT2D eigenvalue weighted by atomic mass is 35.5. The molecule has 1 aliphatic heterocycles. The minimum atomic E-state index is -0.914. The molecular weight excluding hydrogens is 332 g/mol. The van der Waals surface area contributed by atoms with Gasteiger partial charge in [0.25, 0.3) is 0 Å². The van der Waals surface area contributed by atoms with Crippen LogP contribution >= 0.6 is 11.6 Å². The molecule has 3 aliphatic rings. The first-order valence-corrected chi connectivity index (χ1v) is 8.54. The van der Waals surface area contributed by atoms with Gasteiger partial charge in [-0.2, -0.15) is 0 Å². The molecule has 2 aliphatic carbocycles. The Bertz CT molecular complexity index is 728. The summed E-state index contributed by atoms with van der Waals surface area (Å²) in [5.74, 6) is -1.67. The van der Waals surface area contributed by atoms with Crippen molar-refractivity contribution in [1.82, 2.24) is 0 Å². The van der Waals surface area contributed by atoms with Crippen molar-refractivity contribution in [3.63, 3.8) is 0 Å². The van der Waals surface area contributed by atoms with Gasteiger partial charge in [-0.3, -0.25) is 14.4 Å². The minimum absolute atomic E-state index is 0.0259. The average molecular weight is 349 g/mol. The van der Waals surface area contributed by atoms with E-state index in [0.29, 0.717) is 10.6 Å². The van der Waals surface area contributed by atoms with Crippen molar-refractivity contribution in [3.8, 4) is 0 Å². The molecule has 2 saturated carbocycles. The third-order valence-electron chi connectivity index (χ3n) is 5.53. The standard InChI is InChI=1S/C18H17ClO5/c1-8(16(20)9-3-2-4-11(19)5-9)23-17(21)14-10-6-12-13(7-10)24-18(22)15(12)14/h2-5,8,10,12-15H,6-7H2,1H3/t8-,10+,12-,13+,14+,15-/m0/s1. The number of esters is 2. The zero-order chi connectivity index (χ0) is 17.0. The van der Waals surface area contributed by atoms with Crippen LogP contribution in [0.2, 0.25) is 5.02 Å². The van der Waals surface area contributed by atoms with Gasteiger partial charge in [0, 0.05) is 16.5 Å². The van der Waals surface area contributed by atoms with Gasteiger partial charge in [-0.05, 0) is 37.8 Å². The van der Waals surface area contributed by atoms with Crippen molar-refractivity contribution in [3.05, 3.63) is 34.9 Å². The Morgan fingerprint density at radius 3 is 2.88 bits per heavy atom. The van der Waals surface area contributed by atoms with Gasteiger partial charge in [-0.1, -0.05) is 23.7 Å². The van der Waals surface area contributed by atoms with E-state index in [-0.39, 0.29) is 29.7 Å². The number of hydrogen-bond donors (Lipinski definition) is 0. The van der Waals surface area contributed by atoms with Gasteiger partial charge in [-0.25, -0.2) is 0 Å². The van der Waals surface area contributed by atoms with Crippen LogP contribution in [0.5, 0.6) is 0 Å². The SMILES string of the molecule is C[C@H](OC(=O)[C@@H]1[C@@H]2C[C@@H]3[C@@H]1C(=O)O[C@@H]3C2)C(=O)c1cccc(Cl)c1. The molecule has 5 nitrogen and oxygen atoms in total. The number of halogens is 1. The monoisotopic (exact) mass is 348 g/mol. The maximum Gasteiger partial charge on any atom is 0.310 e. The van der Waals surface area contributed by atoms with Crippen molar-refractivity contribution in [2.45, 2.75) is 32.0 Å². The molecule has 1 saturated heterocycles. The van der Waals surface area contributed by atoms with Gasteiger partial charge in [0.05, 0.1) is 11.8 Å². The molecule has 0 spiro atoms. The summed E-state index contributed by atoms with van der Waals surface area (Å²) in [5.41, 5.74) is 0.399. The lowest BCUT2D eigenvalue weighted by molar-refractivity contribution is -0.157. The Labute approximate surface area is 144 Å². The molecule has 0 aromatic heterocycles. The summed E-state index contributed by atoms with van der Waals surface area (Å²) in [6, 6.07) is 6.53. The largest absolute Gasteiger partial charge is 0.462 e. The van der Waals surface area contributed by atoms with Crippen LogP contribution in [0.4, 0.5) is 0 Å². The van der Waals surface area contributed by atoms with Gasteiger partial charge in [0.2, 0.25) is 5.78 Å². The fourth-order valence-electron chi connectivity index (χ4n) is 4.51. The van der Waals surface area contributed by atoms with Crippen LogP contribution in [-0.2, 0) is 19.1 Å². The normalized spacial score (nSPS) is 34.1. The number of Topliss-reactive ketones (excluding diaryl/α,β-unsaturated/α-hetero) is 1. The van der Waals surface area contributed by atoms with E-state index >= 15 is 0 Å². The molecule has 3 fully saturated rings. The van der Waals surface area contributed by atoms with Crippen LogP contribution in [0.15, 0.2) is 24.3 Å². The zero-order valence-corrected chi connectivity index (χ0v) is 13.9. The van der Waals surface area contributed by atoms with E-state index < -0.39 is 23.9 Å². The Balaban J connectivity index is 1.46. The summed E-state index contributed by atoms with van der Waals surface area (Å²) >= 11 is 5.89. The average Bonchev–Trinajstić information content (AvgIpc) is 3.15. The van der Waals surface area contributed by atoms with Crippen molar-refractivity contribution < 1.29 is 23.9 Å². The van der Waals surface area contributed by atoms with Gasteiger partial charge in [-0.15, -0.1) is 0 Å². The van der Waals surface area contributed by atoms with Crippen LogP contribution < -0.4 is 0 Å². The first-order valence-electron chi connectivity index (χ1n) is 8.16. The van der Waals surface area contributed by atoms with Gasteiger partial charge in [0.1, 0.15) is 6.10 Å². The number of ether oxygens (including phenoxy) is 2. The third kappa shape index (κ3) is 2.34. The molecule has 6 atom stereocenters. The third-order valence-corrected chi connectivity index (χ3v) is 5.76. The number of carbonyl (C=O) groups excluding carboxylic acids is 3. The maximum atomic E-state index is 12.6. The fraction of sp³-hybridized carbons (Fsp3) is 0.500. The first-order chi connectivity index (χ1) is 11.5. The van der Waals surface area contributed by atoms with Crippen LogP contribution in [-0.4, -0.2) is 29.9 Å². The van der Waals surface area contributed by atoms with Gasteiger partial charge in [0.15, 0.2) is 6.10 Å². The lowest BCUT2D eigenvalue weighted by Gasteiger charge is -2.24. The van der Waals surface area contributed by atoms with Crippen LogP contribution in [0.3, 0.4) is 0 Å². The van der Waals surface area contributed by atoms with Crippen molar-refractivity contribution in [2.24, 2.45) is 23.7 Å². The van der Waals surface area contributed by atoms with E-state index in [1.165, 1.54) is 0 Å². The second-order valence-corrected chi connectivity index (χ2v) is 7.31. The molecule has 6 heteroatoms. The van der Waals surface area contributed by atoms with E-state index in [4.69, 9.17) is 21.1 Å². The Morgan fingerprint density at radius 1 is 1.33 bits per heavy atom. The van der Waals surface area contributed by atoms with Crippen LogP contribution in [0.25, 0.3) is 0 Å². The number of ketones is 1. The topological polar surface area (TPSA) is 69.7 Å². The van der Waals surface area contributed by atoms with Crippen LogP contribution in [0.1, 0.15) is 30.1 Å². The zero-order valence-electron chi connectivity index (χ0n) is 13.1.